The topological polar surface area (TPSA) is 46.1 Å². The summed E-state index contributed by atoms with van der Waals surface area (Å²) in [5.41, 5.74) is 2.12. The van der Waals surface area contributed by atoms with E-state index in [-0.39, 0.29) is 5.91 Å². The van der Waals surface area contributed by atoms with Crippen LogP contribution in [0.1, 0.15) is 31.2 Å². The third-order valence-electron chi connectivity index (χ3n) is 5.16. The molecule has 0 aliphatic carbocycles. The largest absolute Gasteiger partial charge is 0.342 e. The van der Waals surface area contributed by atoms with Gasteiger partial charge in [-0.3, -0.25) is 4.79 Å². The van der Waals surface area contributed by atoms with Crippen LogP contribution in [-0.2, 0) is 11.2 Å². The summed E-state index contributed by atoms with van der Waals surface area (Å²) in [5, 5.41) is 1.92. The molecule has 1 amide bonds. The summed E-state index contributed by atoms with van der Waals surface area (Å²) in [7, 11) is 0. The monoisotopic (exact) mass is 391 g/mol. The summed E-state index contributed by atoms with van der Waals surface area (Å²) >= 11 is 1.54. The Balaban J connectivity index is 1.54. The maximum Gasteiger partial charge on any atom is 0.232 e. The zero-order valence-electron chi connectivity index (χ0n) is 16.2. The number of aromatic nitrogens is 2. The molecule has 2 aromatic carbocycles. The van der Waals surface area contributed by atoms with E-state index in [0.717, 1.165) is 41.3 Å². The van der Waals surface area contributed by atoms with Crippen molar-refractivity contribution in [2.45, 2.75) is 31.2 Å². The van der Waals surface area contributed by atoms with Crippen molar-refractivity contribution < 1.29 is 4.79 Å². The molecule has 1 saturated heterocycles. The molecule has 0 spiro atoms. The van der Waals surface area contributed by atoms with Crippen LogP contribution in [0, 0.1) is 5.92 Å². The first-order valence-corrected chi connectivity index (χ1v) is 10.9. The second-order valence-electron chi connectivity index (χ2n) is 7.50. The van der Waals surface area contributed by atoms with E-state index in [9.17, 15) is 4.79 Å². The molecule has 4 rings (SSSR count). The molecule has 1 aliphatic heterocycles. The lowest BCUT2D eigenvalue weighted by atomic mass is 10.0. The molecule has 4 nitrogen and oxygen atoms in total. The van der Waals surface area contributed by atoms with Gasteiger partial charge < -0.3 is 4.90 Å². The van der Waals surface area contributed by atoms with Crippen molar-refractivity contribution in [2.24, 2.45) is 5.92 Å². The molecule has 0 radical (unpaired) electrons. The van der Waals surface area contributed by atoms with Gasteiger partial charge in [0.2, 0.25) is 5.91 Å². The van der Waals surface area contributed by atoms with E-state index in [1.165, 1.54) is 23.7 Å². The van der Waals surface area contributed by atoms with Gasteiger partial charge in [0.05, 0.1) is 11.3 Å². The van der Waals surface area contributed by atoms with Crippen LogP contribution in [0.5, 0.6) is 0 Å². The number of hydrogen-bond donors (Lipinski definition) is 0. The number of amides is 1. The molecule has 1 aromatic heterocycles. The minimum absolute atomic E-state index is 0.212. The van der Waals surface area contributed by atoms with Crippen LogP contribution in [0.25, 0.3) is 10.9 Å². The van der Waals surface area contributed by atoms with Crippen molar-refractivity contribution >= 4 is 28.6 Å². The van der Waals surface area contributed by atoms with E-state index in [4.69, 9.17) is 9.97 Å². The fraction of sp³-hybridized carbons (Fsp3) is 0.348. The Morgan fingerprint density at radius 3 is 2.71 bits per heavy atom. The number of carbonyl (C=O) groups excluding carboxylic acids is 1. The van der Waals surface area contributed by atoms with E-state index < -0.39 is 0 Å². The van der Waals surface area contributed by atoms with Gasteiger partial charge in [0.25, 0.3) is 0 Å². The van der Waals surface area contributed by atoms with Gasteiger partial charge in [-0.15, -0.1) is 0 Å². The van der Waals surface area contributed by atoms with Gasteiger partial charge in [-0.05, 0) is 30.4 Å². The molecular weight excluding hydrogens is 366 g/mol. The van der Waals surface area contributed by atoms with Crippen molar-refractivity contribution in [1.82, 2.24) is 14.9 Å². The molecular formula is C23H25N3OS. The van der Waals surface area contributed by atoms with Crippen LogP contribution in [-0.4, -0.2) is 39.6 Å². The van der Waals surface area contributed by atoms with Gasteiger partial charge >= 0.3 is 0 Å². The second kappa shape index (κ2) is 8.74. The van der Waals surface area contributed by atoms with E-state index in [2.05, 4.69) is 19.1 Å². The fourth-order valence-corrected chi connectivity index (χ4v) is 4.64. The molecule has 3 aromatic rings. The number of likely N-dealkylation sites (tertiary alicyclic amines) is 1. The molecule has 28 heavy (non-hydrogen) atoms. The Morgan fingerprint density at radius 2 is 1.89 bits per heavy atom. The van der Waals surface area contributed by atoms with Gasteiger partial charge in [0, 0.05) is 24.9 Å². The molecule has 1 atom stereocenters. The highest BCUT2D eigenvalue weighted by Gasteiger charge is 2.21. The number of rotatable bonds is 5. The molecule has 0 N–H and O–H groups in total. The lowest BCUT2D eigenvalue weighted by molar-refractivity contribution is -0.130. The number of carbonyl (C=O) groups is 1. The molecule has 0 unspecified atom stereocenters. The zero-order valence-corrected chi connectivity index (χ0v) is 17.0. The number of fused-ring (bicyclic) bond motifs is 1. The molecule has 2 heterocycles. The average Bonchev–Trinajstić information content (AvgIpc) is 2.72. The Morgan fingerprint density at radius 1 is 1.11 bits per heavy atom. The molecule has 0 saturated carbocycles. The van der Waals surface area contributed by atoms with Crippen LogP contribution < -0.4 is 0 Å². The third kappa shape index (κ3) is 4.53. The number of para-hydroxylation sites is 1. The molecule has 0 bridgehead atoms. The first-order chi connectivity index (χ1) is 13.7. The van der Waals surface area contributed by atoms with Crippen molar-refractivity contribution in [1.29, 1.82) is 0 Å². The van der Waals surface area contributed by atoms with E-state index in [1.54, 1.807) is 0 Å². The normalized spacial score (nSPS) is 17.0. The van der Waals surface area contributed by atoms with E-state index in [0.29, 0.717) is 18.1 Å². The zero-order chi connectivity index (χ0) is 19.3. The quantitative estimate of drug-likeness (QED) is 0.472. The standard InChI is InChI=1S/C23H25N3OS/c1-17-8-7-13-26(15-17)22(27)16-28-23-19-11-5-6-12-20(19)24-21(25-23)14-18-9-3-2-4-10-18/h2-6,9-12,17H,7-8,13-16H2,1H3/t17-/m1/s1. The van der Waals surface area contributed by atoms with Crippen LogP contribution in [0.4, 0.5) is 0 Å². The van der Waals surface area contributed by atoms with Gasteiger partial charge in [-0.1, -0.05) is 67.2 Å². The average molecular weight is 392 g/mol. The third-order valence-corrected chi connectivity index (χ3v) is 6.14. The van der Waals surface area contributed by atoms with Crippen LogP contribution in [0.15, 0.2) is 59.6 Å². The second-order valence-corrected chi connectivity index (χ2v) is 8.46. The molecule has 1 fully saturated rings. The number of benzene rings is 2. The van der Waals surface area contributed by atoms with Crippen molar-refractivity contribution in [3.05, 3.63) is 66.0 Å². The summed E-state index contributed by atoms with van der Waals surface area (Å²) in [6.07, 6.45) is 3.02. The first-order valence-electron chi connectivity index (χ1n) is 9.89. The predicted octanol–water partition coefficient (Wildman–Crippen LogP) is 4.57. The lowest BCUT2D eigenvalue weighted by Crippen LogP contribution is -2.40. The lowest BCUT2D eigenvalue weighted by Gasteiger charge is -2.30. The van der Waals surface area contributed by atoms with E-state index >= 15 is 0 Å². The molecule has 1 aliphatic rings. The van der Waals surface area contributed by atoms with Crippen molar-refractivity contribution in [2.75, 3.05) is 18.8 Å². The minimum atomic E-state index is 0.212. The van der Waals surface area contributed by atoms with Crippen molar-refractivity contribution in [3.63, 3.8) is 0 Å². The maximum absolute atomic E-state index is 12.7. The number of piperidine rings is 1. The first kappa shape index (κ1) is 18.9. The SMILES string of the molecule is C[C@@H]1CCCN(C(=O)CSc2nc(Cc3ccccc3)nc3ccccc23)C1. The summed E-state index contributed by atoms with van der Waals surface area (Å²) < 4.78 is 0. The summed E-state index contributed by atoms with van der Waals surface area (Å²) in [4.78, 5) is 24.2. The van der Waals surface area contributed by atoms with Crippen molar-refractivity contribution in [3.8, 4) is 0 Å². The highest BCUT2D eigenvalue weighted by molar-refractivity contribution is 8.00. The highest BCUT2D eigenvalue weighted by atomic mass is 32.2. The number of nitrogens with zero attached hydrogens (tertiary/aromatic N) is 3. The Kier molecular flexibility index (Phi) is 5.91. The minimum Gasteiger partial charge on any atom is -0.342 e. The van der Waals surface area contributed by atoms with Crippen LogP contribution in [0.2, 0.25) is 0 Å². The highest BCUT2D eigenvalue weighted by Crippen LogP contribution is 2.27. The smallest absolute Gasteiger partial charge is 0.232 e. The summed E-state index contributed by atoms with van der Waals surface area (Å²) in [6, 6.07) is 18.3. The molecule has 144 valence electrons. The number of thioether (sulfide) groups is 1. The van der Waals surface area contributed by atoms with Gasteiger partial charge in [-0.25, -0.2) is 9.97 Å². The number of hydrogen-bond acceptors (Lipinski definition) is 4. The Labute approximate surface area is 170 Å². The van der Waals surface area contributed by atoms with Gasteiger partial charge in [0.15, 0.2) is 0 Å². The fourth-order valence-electron chi connectivity index (χ4n) is 3.70. The Bertz CT molecular complexity index is 960. The summed E-state index contributed by atoms with van der Waals surface area (Å²) in [5.74, 6) is 2.04. The predicted molar refractivity (Wildman–Crippen MR) is 114 cm³/mol. The van der Waals surface area contributed by atoms with E-state index in [1.807, 2.05) is 47.4 Å². The van der Waals surface area contributed by atoms with Crippen LogP contribution in [0.3, 0.4) is 0 Å². The maximum atomic E-state index is 12.7. The van der Waals surface area contributed by atoms with Gasteiger partial charge in [0.1, 0.15) is 10.9 Å². The Hall–Kier alpha value is -2.40. The van der Waals surface area contributed by atoms with Gasteiger partial charge in [-0.2, -0.15) is 0 Å². The van der Waals surface area contributed by atoms with Crippen LogP contribution >= 0.6 is 11.8 Å². The molecule has 5 heteroatoms. The summed E-state index contributed by atoms with van der Waals surface area (Å²) in [6.45, 7) is 3.98.